The van der Waals surface area contributed by atoms with Crippen LogP contribution in [0.15, 0.2) is 67.3 Å². The Morgan fingerprint density at radius 1 is 1.00 bits per heavy atom. The van der Waals surface area contributed by atoms with Gasteiger partial charge in [0.1, 0.15) is 6.04 Å². The largest absolute Gasteiger partial charge is 0.369 e. The lowest BCUT2D eigenvalue weighted by molar-refractivity contribution is -0.135. The molecule has 220 valence electrons. The molecular weight excluding hydrogens is 512 g/mol. The van der Waals surface area contributed by atoms with Gasteiger partial charge in [-0.25, -0.2) is 0 Å². The van der Waals surface area contributed by atoms with Gasteiger partial charge in [-0.05, 0) is 55.4 Å². The van der Waals surface area contributed by atoms with Crippen molar-refractivity contribution in [3.63, 3.8) is 0 Å². The van der Waals surface area contributed by atoms with Gasteiger partial charge in [-0.1, -0.05) is 82.4 Å². The number of hydrogen-bond acceptors (Lipinski definition) is 4. The summed E-state index contributed by atoms with van der Waals surface area (Å²) in [6.07, 6.45) is 9.56. The van der Waals surface area contributed by atoms with Crippen LogP contribution in [-0.4, -0.2) is 36.9 Å². The summed E-state index contributed by atoms with van der Waals surface area (Å²) in [6.45, 7) is 8.69. The predicted molar refractivity (Wildman–Crippen MR) is 166 cm³/mol. The van der Waals surface area contributed by atoms with E-state index in [1.165, 1.54) is 32.1 Å². The van der Waals surface area contributed by atoms with Gasteiger partial charge >= 0.3 is 0 Å². The summed E-state index contributed by atoms with van der Waals surface area (Å²) in [7, 11) is 0. The summed E-state index contributed by atoms with van der Waals surface area (Å²) in [5.74, 6) is -1.51. The van der Waals surface area contributed by atoms with Crippen LogP contribution in [0.4, 0.5) is 17.1 Å². The number of nitrogens with one attached hydrogen (secondary N) is 1. The molecule has 0 bridgehead atoms. The first kappa shape index (κ1) is 30.4. The Hall–Kier alpha value is -3.61. The molecule has 7 nitrogen and oxygen atoms in total. The third kappa shape index (κ3) is 7.57. The van der Waals surface area contributed by atoms with E-state index in [4.69, 9.17) is 5.73 Å². The molecule has 41 heavy (non-hydrogen) atoms. The number of nitrogens with zero attached hydrogens (tertiary/aromatic N) is 2. The molecule has 1 aliphatic heterocycles. The highest BCUT2D eigenvalue weighted by molar-refractivity contribution is 6.04. The minimum Gasteiger partial charge on any atom is -0.369 e. The highest BCUT2D eigenvalue weighted by atomic mass is 16.2. The van der Waals surface area contributed by atoms with Crippen LogP contribution in [0.2, 0.25) is 0 Å². The fraction of sp³-hybridized carbons (Fsp3) is 0.500. The Balaban J connectivity index is 1.69. The van der Waals surface area contributed by atoms with Crippen molar-refractivity contribution in [2.45, 2.75) is 71.3 Å². The average molecular weight is 559 g/mol. The molecule has 3 atom stereocenters. The molecule has 1 aliphatic carbocycles. The third-order valence-corrected chi connectivity index (χ3v) is 8.60. The molecule has 1 saturated carbocycles. The van der Waals surface area contributed by atoms with Crippen LogP contribution in [-0.2, 0) is 14.4 Å². The van der Waals surface area contributed by atoms with Crippen LogP contribution in [0.5, 0.6) is 0 Å². The van der Waals surface area contributed by atoms with Gasteiger partial charge in [0, 0.05) is 12.2 Å². The number of allylic oxidation sites excluding steroid dienone is 1. The van der Waals surface area contributed by atoms with Gasteiger partial charge in [0.2, 0.25) is 11.8 Å². The average Bonchev–Trinajstić information content (AvgIpc) is 3.08. The summed E-state index contributed by atoms with van der Waals surface area (Å²) in [4.78, 5) is 44.7. The van der Waals surface area contributed by atoms with Gasteiger partial charge in [0.25, 0.3) is 5.91 Å². The quantitative estimate of drug-likeness (QED) is 0.314. The maximum atomic E-state index is 14.3. The zero-order valence-electron chi connectivity index (χ0n) is 24.6. The Morgan fingerprint density at radius 2 is 1.66 bits per heavy atom. The van der Waals surface area contributed by atoms with E-state index < -0.39 is 23.8 Å². The van der Waals surface area contributed by atoms with E-state index in [1.807, 2.05) is 73.3 Å². The first-order valence-electron chi connectivity index (χ1n) is 15.2. The van der Waals surface area contributed by atoms with Crippen LogP contribution >= 0.6 is 0 Å². The van der Waals surface area contributed by atoms with Gasteiger partial charge < -0.3 is 20.9 Å². The van der Waals surface area contributed by atoms with Crippen molar-refractivity contribution in [3.05, 3.63) is 67.3 Å². The molecule has 0 spiro atoms. The number of carbonyl (C=O) groups excluding carboxylic acids is 3. The normalized spacial score (nSPS) is 19.3. The van der Waals surface area contributed by atoms with E-state index in [0.29, 0.717) is 25.3 Å². The highest BCUT2D eigenvalue weighted by Gasteiger charge is 2.39. The summed E-state index contributed by atoms with van der Waals surface area (Å²) >= 11 is 0. The summed E-state index contributed by atoms with van der Waals surface area (Å²) < 4.78 is 0. The van der Waals surface area contributed by atoms with Crippen LogP contribution in [0.25, 0.3) is 0 Å². The molecule has 0 saturated heterocycles. The molecule has 2 aromatic carbocycles. The highest BCUT2D eigenvalue weighted by Crippen LogP contribution is 2.38. The molecule has 3 N–H and O–H groups in total. The Kier molecular flexibility index (Phi) is 10.6. The Morgan fingerprint density at radius 3 is 2.29 bits per heavy atom. The number of rotatable bonds is 12. The first-order valence-corrected chi connectivity index (χ1v) is 15.2. The molecule has 1 fully saturated rings. The van der Waals surface area contributed by atoms with Crippen molar-refractivity contribution >= 4 is 34.8 Å². The second-order valence-corrected chi connectivity index (χ2v) is 12.0. The number of benzene rings is 2. The summed E-state index contributed by atoms with van der Waals surface area (Å²) in [6, 6.07) is 17.2. The van der Waals surface area contributed by atoms with Crippen LogP contribution in [0.1, 0.15) is 65.2 Å². The number of para-hydroxylation sites is 3. The standard InChI is InChI=1S/C34H46N4O3/c1-4-13-27(32(35)39)28(22-24(2)3)33(40)36-29-23-38(26-16-9-6-10-17-26)31-19-12-11-18-30(31)37(34(29)41)21-20-25-14-7-5-8-15-25/h4,6,9-12,16-19,24-25,27-29H,1,5,7-8,13-15,20-23H2,2-3H3,(H2,35,39)(H,36,40)/t27-,28+,29?/m0/s1. The third-order valence-electron chi connectivity index (χ3n) is 8.60. The van der Waals surface area contributed by atoms with E-state index in [1.54, 1.807) is 6.08 Å². The number of nitrogens with two attached hydrogens (primary N) is 1. The lowest BCUT2D eigenvalue weighted by Crippen LogP contribution is -2.54. The molecule has 0 radical (unpaired) electrons. The van der Waals surface area contributed by atoms with Crippen molar-refractivity contribution in [3.8, 4) is 0 Å². The van der Waals surface area contributed by atoms with Crippen LogP contribution in [0.3, 0.4) is 0 Å². The van der Waals surface area contributed by atoms with E-state index in [2.05, 4.69) is 16.8 Å². The van der Waals surface area contributed by atoms with Crippen LogP contribution in [0, 0.1) is 23.7 Å². The number of primary amides is 1. The van der Waals surface area contributed by atoms with Crippen molar-refractivity contribution < 1.29 is 14.4 Å². The van der Waals surface area contributed by atoms with Crippen molar-refractivity contribution in [1.82, 2.24) is 5.32 Å². The fourth-order valence-corrected chi connectivity index (χ4v) is 6.46. The number of anilines is 3. The molecule has 2 aromatic rings. The minimum atomic E-state index is -0.798. The van der Waals surface area contributed by atoms with Gasteiger partial charge in [-0.3, -0.25) is 14.4 Å². The topological polar surface area (TPSA) is 95.7 Å². The van der Waals surface area contributed by atoms with Crippen LogP contribution < -0.4 is 20.9 Å². The number of hydrogen-bond donors (Lipinski definition) is 2. The van der Waals surface area contributed by atoms with Gasteiger partial charge in [-0.2, -0.15) is 0 Å². The van der Waals surface area contributed by atoms with Gasteiger partial charge in [-0.15, -0.1) is 6.58 Å². The number of amides is 3. The SMILES string of the molecule is C=CC[C@H](C(N)=O)[C@@H](CC(C)C)C(=O)NC1CN(c2ccccc2)c2ccccc2N(CCC2CCCCC2)C1=O. The van der Waals surface area contributed by atoms with Crippen molar-refractivity contribution in [2.75, 3.05) is 22.9 Å². The lowest BCUT2D eigenvalue weighted by Gasteiger charge is -2.30. The summed E-state index contributed by atoms with van der Waals surface area (Å²) in [5.41, 5.74) is 8.50. The molecule has 2 aliphatic rings. The zero-order valence-corrected chi connectivity index (χ0v) is 24.6. The first-order chi connectivity index (χ1) is 19.8. The van der Waals surface area contributed by atoms with Crippen molar-refractivity contribution in [1.29, 1.82) is 0 Å². The molecule has 4 rings (SSSR count). The number of fused-ring (bicyclic) bond motifs is 1. The molecule has 7 heteroatoms. The van der Waals surface area contributed by atoms with E-state index >= 15 is 0 Å². The number of carbonyl (C=O) groups is 3. The van der Waals surface area contributed by atoms with Gasteiger partial charge in [0.05, 0.1) is 29.8 Å². The predicted octanol–water partition coefficient (Wildman–Crippen LogP) is 5.97. The minimum absolute atomic E-state index is 0.123. The maximum absolute atomic E-state index is 14.3. The zero-order chi connectivity index (χ0) is 29.4. The van der Waals surface area contributed by atoms with E-state index in [-0.39, 0.29) is 24.3 Å². The molecule has 3 amide bonds. The van der Waals surface area contributed by atoms with E-state index in [9.17, 15) is 14.4 Å². The second-order valence-electron chi connectivity index (χ2n) is 12.0. The molecular formula is C34H46N4O3. The van der Waals surface area contributed by atoms with E-state index in [0.717, 1.165) is 23.5 Å². The molecule has 1 heterocycles. The van der Waals surface area contributed by atoms with Crippen molar-refractivity contribution in [2.24, 2.45) is 29.4 Å². The smallest absolute Gasteiger partial charge is 0.251 e. The Bertz CT molecular complexity index is 1190. The maximum Gasteiger partial charge on any atom is 0.251 e. The lowest BCUT2D eigenvalue weighted by atomic mass is 9.82. The molecule has 1 unspecified atom stereocenters. The van der Waals surface area contributed by atoms with Gasteiger partial charge in [0.15, 0.2) is 0 Å². The second kappa shape index (κ2) is 14.3. The fourth-order valence-electron chi connectivity index (χ4n) is 6.46. The molecule has 0 aromatic heterocycles. The Labute approximate surface area is 245 Å². The monoisotopic (exact) mass is 558 g/mol. The summed E-state index contributed by atoms with van der Waals surface area (Å²) in [5, 5.41) is 3.10.